The van der Waals surface area contributed by atoms with Crippen molar-refractivity contribution in [3.05, 3.63) is 27.8 Å². The number of hydrogen-bond acceptors (Lipinski definition) is 6. The lowest BCUT2D eigenvalue weighted by atomic mass is 10.1. The predicted molar refractivity (Wildman–Crippen MR) is 80.6 cm³/mol. The molecule has 1 aliphatic rings. The molecular weight excluding hydrogens is 276 g/mol. The van der Waals surface area contributed by atoms with Crippen LogP contribution in [-0.2, 0) is 0 Å². The molecule has 1 aliphatic heterocycles. The summed E-state index contributed by atoms with van der Waals surface area (Å²) in [5.41, 5.74) is 2.98. The number of nitro groups is 1. The van der Waals surface area contributed by atoms with E-state index in [0.29, 0.717) is 17.2 Å². The minimum atomic E-state index is -0.303. The molecule has 0 bridgehead atoms. The first kappa shape index (κ1) is 13.3. The average Bonchev–Trinajstić information content (AvgIpc) is 3.09. The Morgan fingerprint density at radius 2 is 2.45 bits per heavy atom. The maximum Gasteiger partial charge on any atom is 0.319 e. The molecule has 2 heterocycles. The van der Waals surface area contributed by atoms with Gasteiger partial charge in [-0.3, -0.25) is 10.1 Å². The van der Waals surface area contributed by atoms with Crippen molar-refractivity contribution >= 4 is 32.9 Å². The summed E-state index contributed by atoms with van der Waals surface area (Å²) in [7, 11) is 0. The number of likely N-dealkylation sites (N-methyl/N-ethyl adjacent to an activating group) is 1. The summed E-state index contributed by atoms with van der Waals surface area (Å²) in [5, 5.41) is 14.8. The molecule has 0 amide bonds. The number of thiazole rings is 1. The quantitative estimate of drug-likeness (QED) is 0.692. The van der Waals surface area contributed by atoms with E-state index in [1.807, 2.05) is 19.1 Å². The second-order valence-corrected chi connectivity index (χ2v) is 5.71. The topological polar surface area (TPSA) is 71.3 Å². The van der Waals surface area contributed by atoms with E-state index in [0.717, 1.165) is 30.8 Å². The molecule has 1 saturated heterocycles. The molecule has 0 aliphatic carbocycles. The molecule has 6 nitrogen and oxygen atoms in total. The summed E-state index contributed by atoms with van der Waals surface area (Å²) in [5.74, 6) is 0. The van der Waals surface area contributed by atoms with Gasteiger partial charge in [0.25, 0.3) is 0 Å². The van der Waals surface area contributed by atoms with Crippen molar-refractivity contribution in [3.8, 4) is 0 Å². The lowest BCUT2D eigenvalue weighted by molar-refractivity contribution is -0.382. The lowest BCUT2D eigenvalue weighted by Gasteiger charge is -2.29. The molecule has 7 heteroatoms. The van der Waals surface area contributed by atoms with Gasteiger partial charge in [-0.2, -0.15) is 0 Å². The van der Waals surface area contributed by atoms with Crippen LogP contribution in [0, 0.1) is 10.1 Å². The van der Waals surface area contributed by atoms with Crippen molar-refractivity contribution in [3.63, 3.8) is 0 Å². The van der Waals surface area contributed by atoms with Gasteiger partial charge in [0.1, 0.15) is 5.69 Å². The minimum absolute atomic E-state index is 0.137. The maximum absolute atomic E-state index is 11.5. The summed E-state index contributed by atoms with van der Waals surface area (Å²) in [4.78, 5) is 17.5. The van der Waals surface area contributed by atoms with Crippen molar-refractivity contribution < 1.29 is 4.92 Å². The predicted octanol–water partition coefficient (Wildman–Crippen LogP) is 2.39. The van der Waals surface area contributed by atoms with E-state index < -0.39 is 0 Å². The van der Waals surface area contributed by atoms with Crippen molar-refractivity contribution in [1.29, 1.82) is 0 Å². The molecule has 3 rings (SSSR count). The highest BCUT2D eigenvalue weighted by Gasteiger charge is 2.29. The molecule has 106 valence electrons. The monoisotopic (exact) mass is 292 g/mol. The van der Waals surface area contributed by atoms with E-state index >= 15 is 0 Å². The van der Waals surface area contributed by atoms with Gasteiger partial charge in [0, 0.05) is 19.1 Å². The van der Waals surface area contributed by atoms with Gasteiger partial charge in [0.05, 0.1) is 15.1 Å². The van der Waals surface area contributed by atoms with Gasteiger partial charge in [-0.1, -0.05) is 0 Å². The van der Waals surface area contributed by atoms with E-state index in [1.54, 1.807) is 5.51 Å². The Morgan fingerprint density at radius 3 is 3.10 bits per heavy atom. The van der Waals surface area contributed by atoms with Crippen LogP contribution in [0.25, 0.3) is 10.2 Å². The number of hydrogen-bond donors (Lipinski definition) is 1. The molecule has 1 unspecified atom stereocenters. The van der Waals surface area contributed by atoms with Crippen LogP contribution >= 0.6 is 11.3 Å². The van der Waals surface area contributed by atoms with Crippen molar-refractivity contribution in [2.45, 2.75) is 19.4 Å². The van der Waals surface area contributed by atoms with Crippen LogP contribution in [0.2, 0.25) is 0 Å². The Labute approximate surface area is 120 Å². The van der Waals surface area contributed by atoms with Gasteiger partial charge in [-0.05, 0) is 32.0 Å². The lowest BCUT2D eigenvalue weighted by Crippen LogP contribution is -2.37. The molecular formula is C13H16N4O2S. The highest BCUT2D eigenvalue weighted by atomic mass is 32.1. The largest absolute Gasteiger partial charge is 0.362 e. The molecule has 2 aromatic rings. The average molecular weight is 292 g/mol. The van der Waals surface area contributed by atoms with Crippen LogP contribution < -0.4 is 10.2 Å². The summed E-state index contributed by atoms with van der Waals surface area (Å²) < 4.78 is 0.862. The zero-order chi connectivity index (χ0) is 14.1. The van der Waals surface area contributed by atoms with Crippen LogP contribution in [-0.4, -0.2) is 35.6 Å². The third kappa shape index (κ3) is 2.12. The van der Waals surface area contributed by atoms with E-state index in [9.17, 15) is 10.1 Å². The molecule has 0 spiro atoms. The maximum atomic E-state index is 11.5. The van der Waals surface area contributed by atoms with Crippen LogP contribution in [0.1, 0.15) is 13.3 Å². The third-order valence-corrected chi connectivity index (χ3v) is 4.56. The Morgan fingerprint density at radius 1 is 1.60 bits per heavy atom. The third-order valence-electron chi connectivity index (χ3n) is 3.76. The van der Waals surface area contributed by atoms with Crippen molar-refractivity contribution in [2.75, 3.05) is 24.5 Å². The van der Waals surface area contributed by atoms with Gasteiger partial charge in [0.15, 0.2) is 5.52 Å². The fourth-order valence-corrected chi connectivity index (χ4v) is 3.53. The fourth-order valence-electron chi connectivity index (χ4n) is 2.85. The number of aromatic nitrogens is 1. The Hall–Kier alpha value is -1.73. The Bertz CT molecular complexity index is 636. The Kier molecular flexibility index (Phi) is 3.54. The minimum Gasteiger partial charge on any atom is -0.362 e. The zero-order valence-corrected chi connectivity index (χ0v) is 12.0. The van der Waals surface area contributed by atoms with E-state index in [-0.39, 0.29) is 10.6 Å². The first-order valence-electron chi connectivity index (χ1n) is 6.70. The highest BCUT2D eigenvalue weighted by molar-refractivity contribution is 7.16. The van der Waals surface area contributed by atoms with E-state index in [2.05, 4.69) is 15.2 Å². The summed E-state index contributed by atoms with van der Waals surface area (Å²) in [6.07, 6.45) is 1.01. The number of fused-ring (bicyclic) bond motifs is 1. The standard InChI is InChI=1S/C13H16N4O2S/c1-2-16(9-5-6-14-7-9)10-3-4-11-12(15-8-20-11)13(10)17(18)19/h3-4,8-9,14H,2,5-7H2,1H3. The summed E-state index contributed by atoms with van der Waals surface area (Å²) in [6, 6.07) is 4.11. The molecule has 0 saturated carbocycles. The second-order valence-electron chi connectivity index (χ2n) is 4.82. The van der Waals surface area contributed by atoms with Crippen molar-refractivity contribution in [2.24, 2.45) is 0 Å². The normalized spacial score (nSPS) is 18.6. The number of nitrogens with one attached hydrogen (secondary N) is 1. The summed E-state index contributed by atoms with van der Waals surface area (Å²) >= 11 is 1.43. The number of nitrogens with zero attached hydrogens (tertiary/aromatic N) is 3. The SMILES string of the molecule is CCN(c1ccc2scnc2c1[N+](=O)[O-])C1CCNC1. The smallest absolute Gasteiger partial charge is 0.319 e. The van der Waals surface area contributed by atoms with Gasteiger partial charge >= 0.3 is 5.69 Å². The first-order valence-corrected chi connectivity index (χ1v) is 7.58. The van der Waals surface area contributed by atoms with Crippen LogP contribution in [0.5, 0.6) is 0 Å². The number of anilines is 1. The highest BCUT2D eigenvalue weighted by Crippen LogP contribution is 2.37. The van der Waals surface area contributed by atoms with Crippen molar-refractivity contribution in [1.82, 2.24) is 10.3 Å². The zero-order valence-electron chi connectivity index (χ0n) is 11.2. The molecule has 0 radical (unpaired) electrons. The van der Waals surface area contributed by atoms with Gasteiger partial charge in [-0.25, -0.2) is 4.98 Å². The van der Waals surface area contributed by atoms with Crippen LogP contribution in [0.4, 0.5) is 11.4 Å². The second kappa shape index (κ2) is 5.34. The molecule has 1 aromatic carbocycles. The fraction of sp³-hybridized carbons (Fsp3) is 0.462. The van der Waals surface area contributed by atoms with Crippen LogP contribution in [0.3, 0.4) is 0 Å². The molecule has 1 atom stereocenters. The van der Waals surface area contributed by atoms with E-state index in [1.165, 1.54) is 11.3 Å². The van der Waals surface area contributed by atoms with Gasteiger partial charge in [-0.15, -0.1) is 11.3 Å². The molecule has 20 heavy (non-hydrogen) atoms. The van der Waals surface area contributed by atoms with Crippen LogP contribution in [0.15, 0.2) is 17.6 Å². The van der Waals surface area contributed by atoms with Gasteiger partial charge < -0.3 is 10.2 Å². The number of rotatable bonds is 4. The molecule has 1 aromatic heterocycles. The van der Waals surface area contributed by atoms with Gasteiger partial charge in [0.2, 0.25) is 0 Å². The number of nitro benzene ring substituents is 1. The van der Waals surface area contributed by atoms with E-state index in [4.69, 9.17) is 0 Å². The Balaban J connectivity index is 2.13. The molecule has 1 fully saturated rings. The number of benzene rings is 1. The molecule has 1 N–H and O–H groups in total. The summed E-state index contributed by atoms with van der Waals surface area (Å²) in [6.45, 7) is 4.63. The first-order chi connectivity index (χ1) is 9.72.